The van der Waals surface area contributed by atoms with Gasteiger partial charge in [0.1, 0.15) is 5.58 Å². The minimum absolute atomic E-state index is 0.00965. The average molecular weight is 517 g/mol. The molecule has 1 aliphatic rings. The third kappa shape index (κ3) is 3.68. The van der Waals surface area contributed by atoms with Crippen LogP contribution in [0.2, 0.25) is 0 Å². The Balaban J connectivity index is 1.64. The van der Waals surface area contributed by atoms with E-state index in [2.05, 4.69) is 15.9 Å². The van der Waals surface area contributed by atoms with Crippen LogP contribution in [0, 0.1) is 0 Å². The number of nitrogens with zero attached hydrogens (tertiary/aromatic N) is 2. The summed E-state index contributed by atoms with van der Waals surface area (Å²) in [6, 6.07) is 22.8. The van der Waals surface area contributed by atoms with Gasteiger partial charge in [0.05, 0.1) is 11.6 Å². The molecule has 5 rings (SSSR count). The first-order valence-corrected chi connectivity index (χ1v) is 11.5. The van der Waals surface area contributed by atoms with Crippen LogP contribution in [0.25, 0.3) is 11.0 Å². The Kier molecular flexibility index (Phi) is 5.49. The predicted molar refractivity (Wildman–Crippen MR) is 135 cm³/mol. The highest BCUT2D eigenvalue weighted by atomic mass is 79.9. The molecule has 1 aromatic heterocycles. The number of aliphatic hydroxyl groups is 1. The van der Waals surface area contributed by atoms with E-state index in [0.717, 1.165) is 15.5 Å². The van der Waals surface area contributed by atoms with Crippen LogP contribution in [0.3, 0.4) is 0 Å². The number of furan rings is 1. The molecule has 34 heavy (non-hydrogen) atoms. The van der Waals surface area contributed by atoms with E-state index in [1.165, 1.54) is 4.90 Å². The van der Waals surface area contributed by atoms with Gasteiger partial charge in [0.2, 0.25) is 5.78 Å². The summed E-state index contributed by atoms with van der Waals surface area (Å²) >= 11 is 3.42. The van der Waals surface area contributed by atoms with Gasteiger partial charge in [0, 0.05) is 35.3 Å². The lowest BCUT2D eigenvalue weighted by atomic mass is 9.94. The van der Waals surface area contributed by atoms with Crippen LogP contribution in [-0.2, 0) is 4.79 Å². The molecule has 0 bridgehead atoms. The quantitative estimate of drug-likeness (QED) is 0.327. The van der Waals surface area contributed by atoms with Crippen molar-refractivity contribution in [2.24, 2.45) is 0 Å². The van der Waals surface area contributed by atoms with E-state index in [0.29, 0.717) is 16.8 Å². The number of amides is 1. The van der Waals surface area contributed by atoms with Gasteiger partial charge in [-0.25, -0.2) is 0 Å². The van der Waals surface area contributed by atoms with Crippen molar-refractivity contribution >= 4 is 50.0 Å². The molecule has 1 N–H and O–H groups in total. The van der Waals surface area contributed by atoms with Gasteiger partial charge in [-0.2, -0.15) is 0 Å². The number of rotatable bonds is 5. The molecule has 2 heterocycles. The van der Waals surface area contributed by atoms with Crippen molar-refractivity contribution in [1.29, 1.82) is 0 Å². The summed E-state index contributed by atoms with van der Waals surface area (Å²) in [4.78, 5) is 30.3. The highest BCUT2D eigenvalue weighted by Gasteiger charge is 2.45. The van der Waals surface area contributed by atoms with Crippen molar-refractivity contribution in [3.05, 3.63) is 106 Å². The van der Waals surface area contributed by atoms with E-state index in [1.54, 1.807) is 24.3 Å². The molecular formula is C27H21BrN2O4. The third-order valence-electron chi connectivity index (χ3n) is 5.91. The number of carbonyl (C=O) groups is 2. The van der Waals surface area contributed by atoms with Crippen LogP contribution >= 0.6 is 15.9 Å². The topological polar surface area (TPSA) is 74.0 Å². The summed E-state index contributed by atoms with van der Waals surface area (Å²) in [5.41, 5.74) is 2.79. The minimum Gasteiger partial charge on any atom is -0.503 e. The van der Waals surface area contributed by atoms with E-state index in [9.17, 15) is 14.7 Å². The number of para-hydroxylation sites is 1. The number of hydrogen-bond donors (Lipinski definition) is 1. The molecule has 6 nitrogen and oxygen atoms in total. The van der Waals surface area contributed by atoms with Gasteiger partial charge in [-0.3, -0.25) is 14.5 Å². The number of Topliss-reactive ketones (excluding diaryl/α,β-unsaturated/α-hetero) is 1. The van der Waals surface area contributed by atoms with Crippen molar-refractivity contribution in [2.45, 2.75) is 6.04 Å². The molecule has 1 amide bonds. The Hall–Kier alpha value is -3.84. The van der Waals surface area contributed by atoms with E-state index in [1.807, 2.05) is 73.6 Å². The van der Waals surface area contributed by atoms with E-state index < -0.39 is 23.5 Å². The monoisotopic (exact) mass is 516 g/mol. The summed E-state index contributed by atoms with van der Waals surface area (Å²) in [7, 11) is 3.87. The number of halogens is 1. The molecule has 1 atom stereocenters. The molecular weight excluding hydrogens is 496 g/mol. The SMILES string of the molecule is CN(C)c1ccc(C2C(C(=O)c3cc4cc(Br)ccc4o3)=C(O)C(=O)N2c2ccccc2)cc1. The van der Waals surface area contributed by atoms with E-state index >= 15 is 0 Å². The Labute approximate surface area is 204 Å². The molecule has 170 valence electrons. The Morgan fingerprint density at radius 3 is 2.38 bits per heavy atom. The second-order valence-corrected chi connectivity index (χ2v) is 9.20. The number of benzene rings is 3. The predicted octanol–water partition coefficient (Wildman–Crippen LogP) is 6.04. The van der Waals surface area contributed by atoms with Crippen molar-refractivity contribution in [2.75, 3.05) is 23.9 Å². The second-order valence-electron chi connectivity index (χ2n) is 8.28. The maximum absolute atomic E-state index is 13.7. The number of fused-ring (bicyclic) bond motifs is 1. The summed E-state index contributed by atoms with van der Waals surface area (Å²) in [6.07, 6.45) is 0. The second kappa shape index (κ2) is 8.50. The summed E-state index contributed by atoms with van der Waals surface area (Å²) < 4.78 is 6.66. The Bertz CT molecular complexity index is 1440. The lowest BCUT2D eigenvalue weighted by molar-refractivity contribution is -0.117. The lowest BCUT2D eigenvalue weighted by Gasteiger charge is -2.27. The van der Waals surface area contributed by atoms with Crippen LogP contribution in [0.4, 0.5) is 11.4 Å². The molecule has 0 fully saturated rings. The van der Waals surface area contributed by atoms with Gasteiger partial charge < -0.3 is 14.4 Å². The van der Waals surface area contributed by atoms with Crippen molar-refractivity contribution in [3.8, 4) is 0 Å². The molecule has 0 radical (unpaired) electrons. The van der Waals surface area contributed by atoms with Gasteiger partial charge >= 0.3 is 0 Å². The number of aliphatic hydroxyl groups excluding tert-OH is 1. The van der Waals surface area contributed by atoms with Gasteiger partial charge in [-0.1, -0.05) is 46.3 Å². The maximum Gasteiger partial charge on any atom is 0.294 e. The number of anilines is 2. The van der Waals surface area contributed by atoms with Crippen molar-refractivity contribution in [1.82, 2.24) is 0 Å². The highest BCUT2D eigenvalue weighted by molar-refractivity contribution is 9.10. The first-order chi connectivity index (χ1) is 16.3. The molecule has 0 aliphatic carbocycles. The Morgan fingerprint density at radius 2 is 1.71 bits per heavy atom. The standard InChI is InChI=1S/C27H21BrN2O4/c1-29(2)19-11-8-16(9-12-19)24-23(26(32)27(33)30(24)20-6-4-3-5-7-20)25(31)22-15-17-14-18(28)10-13-21(17)34-22/h3-15,24,32H,1-2H3. The van der Waals surface area contributed by atoms with Gasteiger partial charge in [-0.15, -0.1) is 0 Å². The average Bonchev–Trinajstić information content (AvgIpc) is 3.37. The van der Waals surface area contributed by atoms with E-state index in [-0.39, 0.29) is 11.3 Å². The molecule has 7 heteroatoms. The van der Waals surface area contributed by atoms with Crippen LogP contribution in [0.15, 0.2) is 99.1 Å². The zero-order valence-electron chi connectivity index (χ0n) is 18.5. The molecule has 0 spiro atoms. The van der Waals surface area contributed by atoms with Gasteiger partial charge in [0.25, 0.3) is 5.91 Å². The molecule has 4 aromatic rings. The van der Waals surface area contributed by atoms with Crippen molar-refractivity contribution in [3.63, 3.8) is 0 Å². The Morgan fingerprint density at radius 1 is 1.00 bits per heavy atom. The zero-order chi connectivity index (χ0) is 24.0. The number of carbonyl (C=O) groups excluding carboxylic acids is 2. The zero-order valence-corrected chi connectivity index (χ0v) is 20.1. The lowest BCUT2D eigenvalue weighted by Crippen LogP contribution is -2.31. The summed E-state index contributed by atoms with van der Waals surface area (Å²) in [5.74, 6) is -1.67. The van der Waals surface area contributed by atoms with E-state index in [4.69, 9.17) is 4.42 Å². The normalized spacial score (nSPS) is 15.9. The van der Waals surface area contributed by atoms with Crippen LogP contribution in [-0.4, -0.2) is 30.9 Å². The van der Waals surface area contributed by atoms with Gasteiger partial charge in [0.15, 0.2) is 11.5 Å². The number of hydrogen-bond acceptors (Lipinski definition) is 5. The molecule has 1 aliphatic heterocycles. The first-order valence-electron chi connectivity index (χ1n) is 10.7. The minimum atomic E-state index is -0.807. The fourth-order valence-electron chi connectivity index (χ4n) is 4.22. The highest BCUT2D eigenvalue weighted by Crippen LogP contribution is 2.42. The first kappa shape index (κ1) is 22.0. The maximum atomic E-state index is 13.7. The van der Waals surface area contributed by atoms with Crippen LogP contribution in [0.1, 0.15) is 22.2 Å². The largest absolute Gasteiger partial charge is 0.503 e. The van der Waals surface area contributed by atoms with Crippen molar-refractivity contribution < 1.29 is 19.1 Å². The third-order valence-corrected chi connectivity index (χ3v) is 6.41. The molecule has 3 aromatic carbocycles. The van der Waals surface area contributed by atoms with Crippen LogP contribution in [0.5, 0.6) is 0 Å². The summed E-state index contributed by atoms with van der Waals surface area (Å²) in [6.45, 7) is 0. The molecule has 0 saturated carbocycles. The fourth-order valence-corrected chi connectivity index (χ4v) is 4.60. The summed E-state index contributed by atoms with van der Waals surface area (Å²) in [5, 5.41) is 11.7. The smallest absolute Gasteiger partial charge is 0.294 e. The molecule has 1 unspecified atom stereocenters. The fraction of sp³-hybridized carbons (Fsp3) is 0.111. The van der Waals surface area contributed by atoms with Gasteiger partial charge in [-0.05, 0) is 54.1 Å². The van der Waals surface area contributed by atoms with Crippen LogP contribution < -0.4 is 9.80 Å². The molecule has 0 saturated heterocycles. The number of ketones is 1.